The lowest BCUT2D eigenvalue weighted by Crippen LogP contribution is -2.23. The molecule has 0 aromatic heterocycles. The number of carbonyl (C=O) groups is 1. The largest absolute Gasteiger partial charge is 0.370 e. The zero-order valence-electron chi connectivity index (χ0n) is 10.9. The van der Waals surface area contributed by atoms with Gasteiger partial charge in [0.05, 0.1) is 0 Å². The Bertz CT molecular complexity index is 656. The van der Waals surface area contributed by atoms with Crippen LogP contribution < -0.4 is 11.5 Å². The minimum atomic E-state index is -0.479. The van der Waals surface area contributed by atoms with Gasteiger partial charge in [0.2, 0.25) is 0 Å². The number of hydrogen-bond acceptors (Lipinski definition) is 1. The summed E-state index contributed by atoms with van der Waals surface area (Å²) in [4.78, 5) is 14.9. The number of amides is 1. The number of guanidine groups is 1. The summed E-state index contributed by atoms with van der Waals surface area (Å²) < 4.78 is 0. The standard InChI is InChI=1S/C16H15N3O/c17-16(18)19-15(20)11-10-13-8-4-5-9-14(13)12-6-2-1-3-7-12/h1-11H,(H4,17,18,19,20)/b11-10+. The Morgan fingerprint density at radius 1 is 0.950 bits per heavy atom. The van der Waals surface area contributed by atoms with Crippen molar-refractivity contribution < 1.29 is 4.79 Å². The number of nitrogens with two attached hydrogens (primary N) is 2. The highest BCUT2D eigenvalue weighted by Crippen LogP contribution is 2.24. The fourth-order valence-corrected chi connectivity index (χ4v) is 1.85. The molecule has 0 bridgehead atoms. The molecule has 0 saturated heterocycles. The van der Waals surface area contributed by atoms with E-state index in [1.807, 2.05) is 54.6 Å². The summed E-state index contributed by atoms with van der Waals surface area (Å²) in [5.41, 5.74) is 13.4. The van der Waals surface area contributed by atoms with Gasteiger partial charge in [-0.1, -0.05) is 54.6 Å². The summed E-state index contributed by atoms with van der Waals surface area (Å²) in [5.74, 6) is -0.719. The van der Waals surface area contributed by atoms with E-state index in [0.717, 1.165) is 16.7 Å². The lowest BCUT2D eigenvalue weighted by molar-refractivity contribution is -0.113. The molecule has 0 fully saturated rings. The van der Waals surface area contributed by atoms with Crippen molar-refractivity contribution in [1.82, 2.24) is 0 Å². The first-order chi connectivity index (χ1) is 9.66. The summed E-state index contributed by atoms with van der Waals surface area (Å²) in [6.45, 7) is 0. The number of hydrogen-bond donors (Lipinski definition) is 2. The maximum absolute atomic E-state index is 11.4. The Kier molecular flexibility index (Phi) is 4.29. The molecule has 1 amide bonds. The first-order valence-electron chi connectivity index (χ1n) is 6.13. The van der Waals surface area contributed by atoms with Gasteiger partial charge in [-0.2, -0.15) is 4.99 Å². The second-order valence-electron chi connectivity index (χ2n) is 4.16. The molecular weight excluding hydrogens is 250 g/mol. The molecule has 0 spiro atoms. The van der Waals surface area contributed by atoms with Crippen LogP contribution >= 0.6 is 0 Å². The molecule has 0 unspecified atom stereocenters. The van der Waals surface area contributed by atoms with Gasteiger partial charge < -0.3 is 11.5 Å². The SMILES string of the molecule is NC(N)=NC(=O)/C=C/c1ccccc1-c1ccccc1. The summed E-state index contributed by atoms with van der Waals surface area (Å²) in [7, 11) is 0. The maximum atomic E-state index is 11.4. The second kappa shape index (κ2) is 6.33. The molecule has 4 heteroatoms. The fraction of sp³-hybridized carbons (Fsp3) is 0. The van der Waals surface area contributed by atoms with E-state index < -0.39 is 5.91 Å². The molecule has 2 aromatic rings. The van der Waals surface area contributed by atoms with Gasteiger partial charge in [-0.05, 0) is 22.8 Å². The first kappa shape index (κ1) is 13.5. The van der Waals surface area contributed by atoms with Gasteiger partial charge in [0, 0.05) is 6.08 Å². The smallest absolute Gasteiger partial charge is 0.272 e. The van der Waals surface area contributed by atoms with Crippen LogP contribution in [-0.4, -0.2) is 11.9 Å². The third-order valence-electron chi connectivity index (χ3n) is 2.69. The third kappa shape index (κ3) is 3.55. The normalized spacial score (nSPS) is 10.4. The molecule has 0 heterocycles. The van der Waals surface area contributed by atoms with Crippen LogP contribution in [-0.2, 0) is 4.79 Å². The fourth-order valence-electron chi connectivity index (χ4n) is 1.85. The minimum Gasteiger partial charge on any atom is -0.370 e. The van der Waals surface area contributed by atoms with Crippen molar-refractivity contribution >= 4 is 17.9 Å². The van der Waals surface area contributed by atoms with E-state index in [4.69, 9.17) is 11.5 Å². The predicted molar refractivity (Wildman–Crippen MR) is 81.7 cm³/mol. The molecule has 0 radical (unpaired) electrons. The highest BCUT2D eigenvalue weighted by Gasteiger charge is 2.01. The van der Waals surface area contributed by atoms with Crippen molar-refractivity contribution in [2.75, 3.05) is 0 Å². The van der Waals surface area contributed by atoms with E-state index in [1.54, 1.807) is 6.08 Å². The van der Waals surface area contributed by atoms with Crippen LogP contribution in [0.5, 0.6) is 0 Å². The molecule has 0 aliphatic heterocycles. The van der Waals surface area contributed by atoms with Crippen molar-refractivity contribution in [2.45, 2.75) is 0 Å². The summed E-state index contributed by atoms with van der Waals surface area (Å²) in [5, 5.41) is 0. The molecular formula is C16H15N3O. The van der Waals surface area contributed by atoms with Crippen molar-refractivity contribution in [3.05, 3.63) is 66.2 Å². The molecule has 4 N–H and O–H groups in total. The average Bonchev–Trinajstić information content (AvgIpc) is 2.46. The van der Waals surface area contributed by atoms with Crippen LogP contribution in [0.1, 0.15) is 5.56 Å². The molecule has 2 rings (SSSR count). The van der Waals surface area contributed by atoms with Gasteiger partial charge >= 0.3 is 0 Å². The zero-order chi connectivity index (χ0) is 14.4. The van der Waals surface area contributed by atoms with Crippen molar-refractivity contribution in [3.8, 4) is 11.1 Å². The van der Waals surface area contributed by atoms with Crippen LogP contribution in [0.25, 0.3) is 17.2 Å². The molecule has 0 saturated carbocycles. The molecule has 2 aromatic carbocycles. The van der Waals surface area contributed by atoms with E-state index in [2.05, 4.69) is 4.99 Å². The zero-order valence-corrected chi connectivity index (χ0v) is 10.9. The number of rotatable bonds is 3. The van der Waals surface area contributed by atoms with Gasteiger partial charge in [0.15, 0.2) is 5.96 Å². The Morgan fingerprint density at radius 3 is 2.30 bits per heavy atom. The highest BCUT2D eigenvalue weighted by atomic mass is 16.1. The van der Waals surface area contributed by atoms with Crippen molar-refractivity contribution in [3.63, 3.8) is 0 Å². The van der Waals surface area contributed by atoms with Crippen LogP contribution in [0, 0.1) is 0 Å². The van der Waals surface area contributed by atoms with Crippen LogP contribution in [0.4, 0.5) is 0 Å². The number of carbonyl (C=O) groups excluding carboxylic acids is 1. The number of nitrogens with zero attached hydrogens (tertiary/aromatic N) is 1. The monoisotopic (exact) mass is 265 g/mol. The molecule has 20 heavy (non-hydrogen) atoms. The Labute approximate surface area is 117 Å². The second-order valence-corrected chi connectivity index (χ2v) is 4.16. The molecule has 0 aliphatic rings. The topological polar surface area (TPSA) is 81.5 Å². The van der Waals surface area contributed by atoms with E-state index in [9.17, 15) is 4.79 Å². The summed E-state index contributed by atoms with van der Waals surface area (Å²) in [6, 6.07) is 17.7. The minimum absolute atomic E-state index is 0.240. The van der Waals surface area contributed by atoms with Gasteiger partial charge in [-0.25, -0.2) is 0 Å². The van der Waals surface area contributed by atoms with E-state index in [1.165, 1.54) is 6.08 Å². The lowest BCUT2D eigenvalue weighted by Gasteiger charge is -2.05. The van der Waals surface area contributed by atoms with Gasteiger partial charge in [-0.3, -0.25) is 4.79 Å². The lowest BCUT2D eigenvalue weighted by atomic mass is 9.99. The number of benzene rings is 2. The van der Waals surface area contributed by atoms with Crippen molar-refractivity contribution in [1.29, 1.82) is 0 Å². The molecule has 0 aliphatic carbocycles. The van der Waals surface area contributed by atoms with Crippen LogP contribution in [0.2, 0.25) is 0 Å². The van der Waals surface area contributed by atoms with Gasteiger partial charge in [0.1, 0.15) is 0 Å². The van der Waals surface area contributed by atoms with Crippen molar-refractivity contribution in [2.24, 2.45) is 16.5 Å². The molecule has 100 valence electrons. The maximum Gasteiger partial charge on any atom is 0.272 e. The Morgan fingerprint density at radius 2 is 1.60 bits per heavy atom. The van der Waals surface area contributed by atoms with Gasteiger partial charge in [-0.15, -0.1) is 0 Å². The molecule has 0 atom stereocenters. The van der Waals surface area contributed by atoms with Gasteiger partial charge in [0.25, 0.3) is 5.91 Å². The van der Waals surface area contributed by atoms with E-state index in [0.29, 0.717) is 0 Å². The Hall–Kier alpha value is -2.88. The first-order valence-corrected chi connectivity index (χ1v) is 6.13. The molecule has 4 nitrogen and oxygen atoms in total. The third-order valence-corrected chi connectivity index (χ3v) is 2.69. The summed E-state index contributed by atoms with van der Waals surface area (Å²) in [6.07, 6.45) is 3.05. The Balaban J connectivity index is 2.32. The quantitative estimate of drug-likeness (QED) is 0.507. The summed E-state index contributed by atoms with van der Waals surface area (Å²) >= 11 is 0. The highest BCUT2D eigenvalue weighted by molar-refractivity contribution is 6.00. The van der Waals surface area contributed by atoms with Crippen LogP contribution in [0.15, 0.2) is 65.7 Å². The number of aliphatic imine (C=N–C) groups is 1. The predicted octanol–water partition coefficient (Wildman–Crippen LogP) is 2.17. The average molecular weight is 265 g/mol. The van der Waals surface area contributed by atoms with E-state index >= 15 is 0 Å². The van der Waals surface area contributed by atoms with E-state index in [-0.39, 0.29) is 5.96 Å². The van der Waals surface area contributed by atoms with Crippen LogP contribution in [0.3, 0.4) is 0 Å².